The number of hydrogen-bond donors (Lipinski definition) is 0. The Balaban J connectivity index is 1.87. The average molecular weight is 401 g/mol. The molecule has 0 bridgehead atoms. The quantitative estimate of drug-likeness (QED) is 0.691. The highest BCUT2D eigenvalue weighted by Gasteiger charge is 2.23. The third-order valence-electron chi connectivity index (χ3n) is 3.25. The molecule has 0 aliphatic carbocycles. The number of thiophene rings is 1. The fourth-order valence-electron chi connectivity index (χ4n) is 2.25. The first kappa shape index (κ1) is 13.3. The maximum absolute atomic E-state index is 12.6. The molecule has 0 unspecified atom stereocenters. The van der Waals surface area contributed by atoms with Crippen molar-refractivity contribution in [2.45, 2.75) is 13.0 Å². The summed E-state index contributed by atoms with van der Waals surface area (Å²) < 4.78 is 1.77. The van der Waals surface area contributed by atoms with Gasteiger partial charge < -0.3 is 4.90 Å². The molecular formula is C14H11Br2NOS. The Kier molecular flexibility index (Phi) is 3.78. The first-order valence-corrected chi connectivity index (χ1v) is 8.41. The van der Waals surface area contributed by atoms with Crippen molar-refractivity contribution in [2.75, 3.05) is 6.54 Å². The highest BCUT2D eigenvalue weighted by molar-refractivity contribution is 9.11. The molecule has 0 N–H and O–H groups in total. The highest BCUT2D eigenvalue weighted by Crippen LogP contribution is 2.28. The lowest BCUT2D eigenvalue weighted by atomic mass is 10.1. The van der Waals surface area contributed by atoms with E-state index in [2.05, 4.69) is 43.3 Å². The van der Waals surface area contributed by atoms with Crippen molar-refractivity contribution < 1.29 is 4.79 Å². The van der Waals surface area contributed by atoms with E-state index < -0.39 is 0 Å². The number of carbonyl (C=O) groups excluding carboxylic acids is 1. The van der Waals surface area contributed by atoms with Crippen LogP contribution >= 0.6 is 43.2 Å². The van der Waals surface area contributed by atoms with Gasteiger partial charge in [0.25, 0.3) is 5.91 Å². The molecule has 0 atom stereocenters. The maximum atomic E-state index is 12.6. The van der Waals surface area contributed by atoms with E-state index in [4.69, 9.17) is 0 Å². The molecule has 5 heteroatoms. The van der Waals surface area contributed by atoms with Crippen molar-refractivity contribution in [1.29, 1.82) is 0 Å². The second kappa shape index (κ2) is 5.38. The standard InChI is InChI=1S/C14H11Br2NOS/c15-10-1-2-12(16)11(7-10)14(18)17-5-3-13-9(8-17)4-6-19-13/h1-2,4,6-7H,3,5,8H2. The number of carbonyl (C=O) groups is 1. The Hall–Kier alpha value is -0.650. The van der Waals surface area contributed by atoms with Gasteiger partial charge in [0, 0.05) is 26.9 Å². The van der Waals surface area contributed by atoms with Gasteiger partial charge in [-0.1, -0.05) is 15.9 Å². The molecule has 0 saturated heterocycles. The van der Waals surface area contributed by atoms with Crippen LogP contribution in [0.5, 0.6) is 0 Å². The summed E-state index contributed by atoms with van der Waals surface area (Å²) >= 11 is 8.66. The Labute approximate surface area is 132 Å². The Bertz CT molecular complexity index is 638. The minimum atomic E-state index is 0.0880. The summed E-state index contributed by atoms with van der Waals surface area (Å²) in [6.07, 6.45) is 0.963. The molecule has 1 aromatic heterocycles. The number of benzene rings is 1. The topological polar surface area (TPSA) is 20.3 Å². The number of fused-ring (bicyclic) bond motifs is 1. The lowest BCUT2D eigenvalue weighted by molar-refractivity contribution is 0.0735. The fraction of sp³-hybridized carbons (Fsp3) is 0.214. The molecule has 2 nitrogen and oxygen atoms in total. The van der Waals surface area contributed by atoms with E-state index in [0.717, 1.165) is 28.5 Å². The molecule has 98 valence electrons. The van der Waals surface area contributed by atoms with Crippen LogP contribution in [0, 0.1) is 0 Å². The Morgan fingerprint density at radius 3 is 2.95 bits per heavy atom. The molecule has 0 spiro atoms. The molecule has 3 rings (SSSR count). The summed E-state index contributed by atoms with van der Waals surface area (Å²) in [5.41, 5.74) is 2.00. The van der Waals surface area contributed by atoms with Crippen LogP contribution in [0.15, 0.2) is 38.6 Å². The lowest BCUT2D eigenvalue weighted by Gasteiger charge is -2.27. The van der Waals surface area contributed by atoms with Gasteiger partial charge >= 0.3 is 0 Å². The van der Waals surface area contributed by atoms with E-state index >= 15 is 0 Å². The van der Waals surface area contributed by atoms with E-state index in [1.807, 2.05) is 23.1 Å². The van der Waals surface area contributed by atoms with Crippen LogP contribution in [-0.4, -0.2) is 17.4 Å². The minimum absolute atomic E-state index is 0.0880. The SMILES string of the molecule is O=C(c1cc(Br)ccc1Br)N1CCc2sccc2C1. The molecule has 2 aromatic rings. The minimum Gasteiger partial charge on any atom is -0.334 e. The number of halogens is 2. The maximum Gasteiger partial charge on any atom is 0.255 e. The molecule has 1 aromatic carbocycles. The van der Waals surface area contributed by atoms with Crippen molar-refractivity contribution in [3.63, 3.8) is 0 Å². The van der Waals surface area contributed by atoms with Crippen molar-refractivity contribution in [1.82, 2.24) is 4.90 Å². The summed E-state index contributed by atoms with van der Waals surface area (Å²) in [7, 11) is 0. The van der Waals surface area contributed by atoms with Gasteiger partial charge in [0.2, 0.25) is 0 Å². The van der Waals surface area contributed by atoms with Crippen LogP contribution in [-0.2, 0) is 13.0 Å². The average Bonchev–Trinajstić information content (AvgIpc) is 2.88. The Morgan fingerprint density at radius 1 is 1.26 bits per heavy atom. The molecule has 0 fully saturated rings. The summed E-state index contributed by atoms with van der Waals surface area (Å²) in [5, 5.41) is 2.10. The van der Waals surface area contributed by atoms with Gasteiger partial charge in [-0.2, -0.15) is 0 Å². The van der Waals surface area contributed by atoms with E-state index in [-0.39, 0.29) is 5.91 Å². The van der Waals surface area contributed by atoms with Crippen molar-refractivity contribution in [2.24, 2.45) is 0 Å². The van der Waals surface area contributed by atoms with Gasteiger partial charge in [0.05, 0.1) is 5.56 Å². The third kappa shape index (κ3) is 2.64. The Morgan fingerprint density at radius 2 is 2.11 bits per heavy atom. The summed E-state index contributed by atoms with van der Waals surface area (Å²) in [6, 6.07) is 7.82. The third-order valence-corrected chi connectivity index (χ3v) is 5.46. The van der Waals surface area contributed by atoms with E-state index in [9.17, 15) is 4.79 Å². The predicted octanol–water partition coefficient (Wildman–Crippen LogP) is 4.47. The van der Waals surface area contributed by atoms with Gasteiger partial charge in [-0.25, -0.2) is 0 Å². The van der Waals surface area contributed by atoms with Crippen molar-refractivity contribution >= 4 is 49.1 Å². The molecule has 1 amide bonds. The first-order valence-electron chi connectivity index (χ1n) is 5.95. The first-order chi connectivity index (χ1) is 9.15. The van der Waals surface area contributed by atoms with Gasteiger partial charge in [-0.05, 0) is 57.6 Å². The number of nitrogens with zero attached hydrogens (tertiary/aromatic N) is 1. The predicted molar refractivity (Wildman–Crippen MR) is 84.6 cm³/mol. The zero-order valence-corrected chi connectivity index (χ0v) is 14.0. The van der Waals surface area contributed by atoms with Gasteiger partial charge in [0.1, 0.15) is 0 Å². The van der Waals surface area contributed by atoms with Crippen LogP contribution in [0.3, 0.4) is 0 Å². The number of rotatable bonds is 1. The molecule has 0 saturated carbocycles. The van der Waals surface area contributed by atoms with Gasteiger partial charge in [-0.15, -0.1) is 11.3 Å². The molecule has 2 heterocycles. The van der Waals surface area contributed by atoms with Crippen LogP contribution in [0.2, 0.25) is 0 Å². The molecule has 0 radical (unpaired) electrons. The molecule has 1 aliphatic heterocycles. The molecule has 19 heavy (non-hydrogen) atoms. The van der Waals surface area contributed by atoms with Crippen LogP contribution in [0.1, 0.15) is 20.8 Å². The molecule has 1 aliphatic rings. The lowest BCUT2D eigenvalue weighted by Crippen LogP contribution is -2.35. The monoisotopic (exact) mass is 399 g/mol. The van der Waals surface area contributed by atoms with Crippen molar-refractivity contribution in [3.8, 4) is 0 Å². The summed E-state index contributed by atoms with van der Waals surface area (Å²) in [5.74, 6) is 0.0880. The second-order valence-electron chi connectivity index (χ2n) is 4.47. The van der Waals surface area contributed by atoms with E-state index in [1.165, 1.54) is 10.4 Å². The summed E-state index contributed by atoms with van der Waals surface area (Å²) in [4.78, 5) is 15.9. The zero-order valence-electron chi connectivity index (χ0n) is 10.0. The normalized spacial score (nSPS) is 14.3. The second-order valence-corrected chi connectivity index (χ2v) is 7.24. The van der Waals surface area contributed by atoms with Crippen LogP contribution in [0.4, 0.5) is 0 Å². The fourth-order valence-corrected chi connectivity index (χ4v) is 3.92. The zero-order chi connectivity index (χ0) is 13.4. The van der Waals surface area contributed by atoms with Crippen molar-refractivity contribution in [3.05, 3.63) is 54.6 Å². The smallest absolute Gasteiger partial charge is 0.255 e. The van der Waals surface area contributed by atoms with Crippen LogP contribution in [0.25, 0.3) is 0 Å². The summed E-state index contributed by atoms with van der Waals surface area (Å²) in [6.45, 7) is 1.52. The molecular weight excluding hydrogens is 390 g/mol. The van der Waals surface area contributed by atoms with Gasteiger partial charge in [-0.3, -0.25) is 4.79 Å². The van der Waals surface area contributed by atoms with E-state index in [1.54, 1.807) is 11.3 Å². The van der Waals surface area contributed by atoms with E-state index in [0.29, 0.717) is 5.56 Å². The number of amides is 1. The number of hydrogen-bond acceptors (Lipinski definition) is 2. The highest BCUT2D eigenvalue weighted by atomic mass is 79.9. The van der Waals surface area contributed by atoms with Gasteiger partial charge in [0.15, 0.2) is 0 Å². The largest absolute Gasteiger partial charge is 0.334 e. The van der Waals surface area contributed by atoms with Crippen LogP contribution < -0.4 is 0 Å².